The summed E-state index contributed by atoms with van der Waals surface area (Å²) in [6.45, 7) is 4.50. The van der Waals surface area contributed by atoms with Crippen LogP contribution in [0.25, 0.3) is 0 Å². The van der Waals surface area contributed by atoms with E-state index in [1.54, 1.807) is 12.1 Å². The highest BCUT2D eigenvalue weighted by atomic mass is 19.1. The Morgan fingerprint density at radius 2 is 1.74 bits per heavy atom. The van der Waals surface area contributed by atoms with E-state index in [9.17, 15) is 9.18 Å². The van der Waals surface area contributed by atoms with Crippen molar-refractivity contribution in [3.05, 3.63) is 82.9 Å². The molecule has 0 aliphatic carbocycles. The lowest BCUT2D eigenvalue weighted by atomic mass is 10.1. The maximum atomic E-state index is 12.9. The van der Waals surface area contributed by atoms with Gasteiger partial charge in [0.05, 0.1) is 5.56 Å². The van der Waals surface area contributed by atoms with Gasteiger partial charge in [0, 0.05) is 24.6 Å². The lowest BCUT2D eigenvalue weighted by molar-refractivity contribution is 0.0953. The van der Waals surface area contributed by atoms with Crippen molar-refractivity contribution in [2.75, 3.05) is 11.9 Å². The predicted molar refractivity (Wildman–Crippen MR) is 104 cm³/mol. The summed E-state index contributed by atoms with van der Waals surface area (Å²) in [6, 6.07) is 12.3. The van der Waals surface area contributed by atoms with E-state index in [1.807, 2.05) is 26.0 Å². The number of hydrogen-bond donors (Lipinski definition) is 2. The monoisotopic (exact) mass is 364 g/mol. The standard InChI is InChI=1S/C21H21FN4O/c1-14-3-8-19(15(2)11-14)26-21-24-12-17(13-25-21)20(27)23-10-9-16-4-6-18(22)7-5-16/h3-8,11-13H,9-10H2,1-2H3,(H,23,27)(H,24,25,26). The van der Waals surface area contributed by atoms with Gasteiger partial charge in [0.1, 0.15) is 5.82 Å². The van der Waals surface area contributed by atoms with Crippen LogP contribution in [0.4, 0.5) is 16.0 Å². The molecular formula is C21H21FN4O. The van der Waals surface area contributed by atoms with Crippen molar-refractivity contribution in [2.24, 2.45) is 0 Å². The van der Waals surface area contributed by atoms with E-state index >= 15 is 0 Å². The molecule has 0 spiro atoms. The third kappa shape index (κ3) is 5.10. The van der Waals surface area contributed by atoms with Gasteiger partial charge in [-0.25, -0.2) is 14.4 Å². The fourth-order valence-corrected chi connectivity index (χ4v) is 2.66. The first kappa shape index (κ1) is 18.5. The third-order valence-corrected chi connectivity index (χ3v) is 4.15. The van der Waals surface area contributed by atoms with Gasteiger partial charge in [-0.1, -0.05) is 29.8 Å². The van der Waals surface area contributed by atoms with Crippen LogP contribution in [0.2, 0.25) is 0 Å². The van der Waals surface area contributed by atoms with Gasteiger partial charge in [0.15, 0.2) is 0 Å². The van der Waals surface area contributed by atoms with Crippen molar-refractivity contribution in [2.45, 2.75) is 20.3 Å². The van der Waals surface area contributed by atoms with Crippen molar-refractivity contribution in [3.63, 3.8) is 0 Å². The second-order valence-corrected chi connectivity index (χ2v) is 6.37. The van der Waals surface area contributed by atoms with Crippen molar-refractivity contribution in [1.29, 1.82) is 0 Å². The second-order valence-electron chi connectivity index (χ2n) is 6.37. The molecule has 1 aromatic heterocycles. The number of aryl methyl sites for hydroxylation is 2. The van der Waals surface area contributed by atoms with Crippen LogP contribution in [0.1, 0.15) is 27.0 Å². The summed E-state index contributed by atoms with van der Waals surface area (Å²) in [6.07, 6.45) is 3.61. The van der Waals surface area contributed by atoms with E-state index in [1.165, 1.54) is 30.1 Å². The maximum absolute atomic E-state index is 12.9. The van der Waals surface area contributed by atoms with Crippen LogP contribution in [0.5, 0.6) is 0 Å². The molecule has 5 nitrogen and oxygen atoms in total. The third-order valence-electron chi connectivity index (χ3n) is 4.15. The molecule has 0 aliphatic rings. The Morgan fingerprint density at radius 3 is 2.41 bits per heavy atom. The Labute approximate surface area is 157 Å². The SMILES string of the molecule is Cc1ccc(Nc2ncc(C(=O)NCCc3ccc(F)cc3)cn2)c(C)c1. The normalized spacial score (nSPS) is 10.5. The maximum Gasteiger partial charge on any atom is 0.254 e. The lowest BCUT2D eigenvalue weighted by Crippen LogP contribution is -2.26. The number of amides is 1. The van der Waals surface area contributed by atoms with Crippen LogP contribution in [-0.4, -0.2) is 22.4 Å². The molecule has 1 heterocycles. The van der Waals surface area contributed by atoms with Gasteiger partial charge in [-0.2, -0.15) is 0 Å². The fraction of sp³-hybridized carbons (Fsp3) is 0.190. The smallest absolute Gasteiger partial charge is 0.254 e. The highest BCUT2D eigenvalue weighted by Crippen LogP contribution is 2.19. The number of halogens is 1. The van der Waals surface area contributed by atoms with E-state index in [-0.39, 0.29) is 11.7 Å². The number of nitrogens with one attached hydrogen (secondary N) is 2. The van der Waals surface area contributed by atoms with Crippen LogP contribution in [0.3, 0.4) is 0 Å². The largest absolute Gasteiger partial charge is 0.352 e. The molecule has 0 saturated carbocycles. The summed E-state index contributed by atoms with van der Waals surface area (Å²) in [7, 11) is 0. The van der Waals surface area contributed by atoms with Crippen molar-refractivity contribution < 1.29 is 9.18 Å². The van der Waals surface area contributed by atoms with E-state index in [0.29, 0.717) is 24.5 Å². The molecule has 3 aromatic rings. The van der Waals surface area contributed by atoms with Gasteiger partial charge >= 0.3 is 0 Å². The molecule has 3 rings (SSSR count). The predicted octanol–water partition coefficient (Wildman–Crippen LogP) is 3.95. The topological polar surface area (TPSA) is 66.9 Å². The molecule has 138 valence electrons. The molecule has 27 heavy (non-hydrogen) atoms. The van der Waals surface area contributed by atoms with Crippen molar-refractivity contribution >= 4 is 17.5 Å². The van der Waals surface area contributed by atoms with Crippen LogP contribution in [0.15, 0.2) is 54.9 Å². The number of benzene rings is 2. The van der Waals surface area contributed by atoms with Gasteiger partial charge in [-0.15, -0.1) is 0 Å². The van der Waals surface area contributed by atoms with Crippen molar-refractivity contribution in [1.82, 2.24) is 15.3 Å². The Balaban J connectivity index is 1.54. The first-order valence-electron chi connectivity index (χ1n) is 8.70. The molecule has 0 fully saturated rings. The van der Waals surface area contributed by atoms with E-state index in [0.717, 1.165) is 16.8 Å². The van der Waals surface area contributed by atoms with Gasteiger partial charge < -0.3 is 10.6 Å². The average molecular weight is 364 g/mol. The van der Waals surface area contributed by atoms with E-state index in [2.05, 4.69) is 26.7 Å². The number of aromatic nitrogens is 2. The molecule has 1 amide bonds. The first-order chi connectivity index (χ1) is 13.0. The second kappa shape index (κ2) is 8.40. The lowest BCUT2D eigenvalue weighted by Gasteiger charge is -2.09. The first-order valence-corrected chi connectivity index (χ1v) is 8.70. The number of anilines is 2. The Bertz CT molecular complexity index is 924. The number of carbonyl (C=O) groups excluding carboxylic acids is 1. The Hall–Kier alpha value is -3.28. The number of nitrogens with zero attached hydrogens (tertiary/aromatic N) is 2. The fourth-order valence-electron chi connectivity index (χ4n) is 2.66. The molecule has 2 aromatic carbocycles. The van der Waals surface area contributed by atoms with Crippen molar-refractivity contribution in [3.8, 4) is 0 Å². The zero-order chi connectivity index (χ0) is 19.2. The highest BCUT2D eigenvalue weighted by Gasteiger charge is 2.08. The highest BCUT2D eigenvalue weighted by molar-refractivity contribution is 5.93. The number of carbonyl (C=O) groups is 1. The van der Waals surface area contributed by atoms with Crippen LogP contribution < -0.4 is 10.6 Å². The van der Waals surface area contributed by atoms with Gasteiger partial charge in [-0.3, -0.25) is 4.79 Å². The van der Waals surface area contributed by atoms with E-state index in [4.69, 9.17) is 0 Å². The molecule has 0 radical (unpaired) electrons. The molecule has 0 bridgehead atoms. The average Bonchev–Trinajstić information content (AvgIpc) is 2.66. The molecule has 0 aliphatic heterocycles. The van der Waals surface area contributed by atoms with Crippen LogP contribution >= 0.6 is 0 Å². The summed E-state index contributed by atoms with van der Waals surface area (Å²) in [5.41, 5.74) is 4.56. The molecule has 0 unspecified atom stereocenters. The zero-order valence-corrected chi connectivity index (χ0v) is 15.3. The van der Waals surface area contributed by atoms with Crippen LogP contribution in [0, 0.1) is 19.7 Å². The minimum atomic E-state index is -0.269. The molecule has 6 heteroatoms. The summed E-state index contributed by atoms with van der Waals surface area (Å²) in [5, 5.41) is 5.96. The quantitative estimate of drug-likeness (QED) is 0.695. The zero-order valence-electron chi connectivity index (χ0n) is 15.3. The molecule has 0 atom stereocenters. The number of rotatable bonds is 6. The Morgan fingerprint density at radius 1 is 1.04 bits per heavy atom. The molecular weight excluding hydrogens is 343 g/mol. The number of hydrogen-bond acceptors (Lipinski definition) is 4. The van der Waals surface area contributed by atoms with Gasteiger partial charge in [0.25, 0.3) is 5.91 Å². The minimum absolute atomic E-state index is 0.241. The summed E-state index contributed by atoms with van der Waals surface area (Å²) in [5.74, 6) is -0.0746. The van der Waals surface area contributed by atoms with Crippen LogP contribution in [-0.2, 0) is 6.42 Å². The summed E-state index contributed by atoms with van der Waals surface area (Å²) in [4.78, 5) is 20.6. The summed E-state index contributed by atoms with van der Waals surface area (Å²) >= 11 is 0. The molecule has 0 saturated heterocycles. The minimum Gasteiger partial charge on any atom is -0.352 e. The Kier molecular flexibility index (Phi) is 5.76. The summed E-state index contributed by atoms with van der Waals surface area (Å²) < 4.78 is 12.9. The molecule has 2 N–H and O–H groups in total. The van der Waals surface area contributed by atoms with Gasteiger partial charge in [-0.05, 0) is 49.6 Å². The van der Waals surface area contributed by atoms with Gasteiger partial charge in [0.2, 0.25) is 5.95 Å². The van der Waals surface area contributed by atoms with E-state index < -0.39 is 0 Å².